The lowest BCUT2D eigenvalue weighted by molar-refractivity contribution is -0.235. The number of fused-ring (bicyclic) bond motifs is 7. The van der Waals surface area contributed by atoms with Gasteiger partial charge in [0.1, 0.15) is 11.9 Å². The summed E-state index contributed by atoms with van der Waals surface area (Å²) in [6.07, 6.45) is 6.31. The Hall–Kier alpha value is -3.11. The number of carboxylic acid groups (broad SMARTS) is 1. The summed E-state index contributed by atoms with van der Waals surface area (Å²) < 4.78 is 20.1. The van der Waals surface area contributed by atoms with Crippen molar-refractivity contribution in [2.45, 2.75) is 152 Å². The van der Waals surface area contributed by atoms with Crippen LogP contribution in [0.4, 0.5) is 4.39 Å². The highest BCUT2D eigenvalue weighted by Gasteiger charge is 2.71. The number of halogens is 1. The average Bonchev–Trinajstić information content (AvgIpc) is 3.42. The number of hydrogen-bond acceptors (Lipinski definition) is 7. The third kappa shape index (κ3) is 7.96. The van der Waals surface area contributed by atoms with Gasteiger partial charge in [0, 0.05) is 30.3 Å². The number of rotatable bonds is 13. The molecule has 2 N–H and O–H groups in total. The highest BCUT2D eigenvalue weighted by molar-refractivity contribution is 6.00. The summed E-state index contributed by atoms with van der Waals surface area (Å²) in [6.45, 7) is 20.4. The molecule has 4 saturated carbocycles. The van der Waals surface area contributed by atoms with E-state index >= 15 is 0 Å². The van der Waals surface area contributed by atoms with Crippen molar-refractivity contribution < 1.29 is 38.5 Å². The molecule has 10 heteroatoms. The van der Waals surface area contributed by atoms with Crippen molar-refractivity contribution in [2.75, 3.05) is 27.2 Å². The molecule has 5 aliphatic rings. The molecule has 0 saturated heterocycles. The fourth-order valence-corrected chi connectivity index (χ4v) is 14.2. The lowest BCUT2D eigenvalue weighted by Crippen LogP contribution is -2.66. The zero-order chi connectivity index (χ0) is 43.7. The number of aliphatic hydroxyl groups is 1. The minimum Gasteiger partial charge on any atom is -0.481 e. The molecule has 1 aromatic carbocycles. The summed E-state index contributed by atoms with van der Waals surface area (Å²) in [6, 6.07) is 6.16. The number of aliphatic hydroxyl groups excluding tert-OH is 1. The van der Waals surface area contributed by atoms with Crippen molar-refractivity contribution in [1.82, 2.24) is 9.80 Å². The summed E-state index contributed by atoms with van der Waals surface area (Å²) in [7, 11) is 3.69. The van der Waals surface area contributed by atoms with Gasteiger partial charge in [0.15, 0.2) is 5.78 Å². The molecular formula is C49H73FN2O7. The standard InChI is InChI=1S/C49H73FN2O7/c1-30(2)42-34(53)24-49(37(54)28-52(39(55)29-51(10)11)27-31-12-14-32(50)15-13-31)23-22-47(8)33(43(42)49)16-17-36-46(7)20-19-38(45(5,6)35(46)18-21-48(36,47)9)59-41(58)26-44(3,4)25-40(56)57/h12-15,30,33,35-38,54H,16-29H2,1-11H3,(H,56,57)/t33-,35?,36-,37+,38+,46+,47-,48-,49+/m1/s1. The molecule has 0 spiro atoms. The van der Waals surface area contributed by atoms with Crippen LogP contribution in [-0.2, 0) is 30.5 Å². The molecule has 6 rings (SSSR count). The van der Waals surface area contributed by atoms with E-state index in [0.29, 0.717) is 18.3 Å². The van der Waals surface area contributed by atoms with Gasteiger partial charge in [0.05, 0.1) is 25.5 Å². The number of carbonyl (C=O) groups excluding carboxylic acids is 3. The number of amides is 1. The van der Waals surface area contributed by atoms with E-state index in [1.165, 1.54) is 12.1 Å². The molecular weight excluding hydrogens is 748 g/mol. The topological polar surface area (TPSA) is 124 Å². The van der Waals surface area contributed by atoms with Gasteiger partial charge in [-0.3, -0.25) is 19.2 Å². The predicted octanol–water partition coefficient (Wildman–Crippen LogP) is 8.86. The molecule has 0 aromatic heterocycles. The Labute approximate surface area is 352 Å². The Morgan fingerprint density at radius 2 is 1.56 bits per heavy atom. The predicted molar refractivity (Wildman–Crippen MR) is 226 cm³/mol. The summed E-state index contributed by atoms with van der Waals surface area (Å²) in [5.41, 5.74) is 0.986. The maximum absolute atomic E-state index is 14.3. The minimum atomic E-state index is -0.943. The summed E-state index contributed by atoms with van der Waals surface area (Å²) in [4.78, 5) is 56.4. The highest BCUT2D eigenvalue weighted by atomic mass is 19.1. The van der Waals surface area contributed by atoms with Crippen LogP contribution in [0.3, 0.4) is 0 Å². The Bertz CT molecular complexity index is 1840. The van der Waals surface area contributed by atoms with E-state index in [0.717, 1.165) is 61.7 Å². The number of hydrogen-bond donors (Lipinski definition) is 2. The van der Waals surface area contributed by atoms with Crippen LogP contribution in [0.5, 0.6) is 0 Å². The normalized spacial score (nSPS) is 34.5. The Morgan fingerprint density at radius 3 is 2.17 bits per heavy atom. The first-order valence-corrected chi connectivity index (χ1v) is 22.4. The number of nitrogens with zero attached hydrogens (tertiary/aromatic N) is 2. The van der Waals surface area contributed by atoms with Crippen molar-refractivity contribution in [2.24, 2.45) is 56.2 Å². The van der Waals surface area contributed by atoms with E-state index in [4.69, 9.17) is 4.74 Å². The molecule has 0 radical (unpaired) electrons. The smallest absolute Gasteiger partial charge is 0.306 e. The van der Waals surface area contributed by atoms with Crippen LogP contribution in [0.15, 0.2) is 35.4 Å². The first-order valence-electron chi connectivity index (χ1n) is 22.4. The number of ketones is 1. The van der Waals surface area contributed by atoms with Crippen molar-refractivity contribution in [3.05, 3.63) is 46.8 Å². The molecule has 5 aliphatic carbocycles. The molecule has 1 aromatic rings. The van der Waals surface area contributed by atoms with Crippen molar-refractivity contribution in [3.63, 3.8) is 0 Å². The van der Waals surface area contributed by atoms with Crippen LogP contribution >= 0.6 is 0 Å². The fourth-order valence-electron chi connectivity index (χ4n) is 14.2. The first kappa shape index (κ1) is 45.4. The SMILES string of the molecule is CC(C)C1=C2[C@H]3CC[C@@H]4[C@@]5(C)CC[C@H](OC(=O)CC(C)(C)CC(=O)O)C(C)(C)C5CC[C@@]4(C)[C@]3(C)CC[C@@]2([C@@H](O)CN(Cc2ccc(F)cc2)C(=O)CN(C)C)CC1=O. The number of likely N-dealkylation sites (N-methyl/N-ethyl adjacent to an activating group) is 1. The largest absolute Gasteiger partial charge is 0.481 e. The monoisotopic (exact) mass is 821 g/mol. The molecule has 59 heavy (non-hydrogen) atoms. The molecule has 4 fully saturated rings. The lowest BCUT2D eigenvalue weighted by Gasteiger charge is -2.72. The second kappa shape index (κ2) is 16.0. The van der Waals surface area contributed by atoms with Crippen molar-refractivity contribution in [3.8, 4) is 0 Å². The number of carboxylic acids is 1. The molecule has 1 unspecified atom stereocenters. The van der Waals surface area contributed by atoms with E-state index in [9.17, 15) is 33.8 Å². The summed E-state index contributed by atoms with van der Waals surface area (Å²) in [5, 5.41) is 22.0. The van der Waals surface area contributed by atoms with Gasteiger partial charge in [-0.15, -0.1) is 0 Å². The highest BCUT2D eigenvalue weighted by Crippen LogP contribution is 2.77. The van der Waals surface area contributed by atoms with E-state index in [-0.39, 0.29) is 102 Å². The van der Waals surface area contributed by atoms with Crippen LogP contribution in [0.1, 0.15) is 139 Å². The number of allylic oxidation sites excluding steroid dienone is 1. The van der Waals surface area contributed by atoms with Gasteiger partial charge >= 0.3 is 11.9 Å². The molecule has 9 atom stereocenters. The third-order valence-electron chi connectivity index (χ3n) is 17.1. The van der Waals surface area contributed by atoms with E-state index in [1.54, 1.807) is 30.9 Å². The Balaban J connectivity index is 1.29. The second-order valence-corrected chi connectivity index (χ2v) is 22.3. The number of ether oxygens (including phenoxy) is 1. The fraction of sp³-hybridized carbons (Fsp3) is 0.755. The number of aliphatic carboxylic acids is 1. The average molecular weight is 821 g/mol. The van der Waals surface area contributed by atoms with E-state index in [2.05, 4.69) is 48.5 Å². The van der Waals surface area contributed by atoms with Gasteiger partial charge in [-0.2, -0.15) is 0 Å². The summed E-state index contributed by atoms with van der Waals surface area (Å²) >= 11 is 0. The minimum absolute atomic E-state index is 0.00638. The van der Waals surface area contributed by atoms with Gasteiger partial charge < -0.3 is 24.7 Å². The van der Waals surface area contributed by atoms with Gasteiger partial charge in [0.2, 0.25) is 5.91 Å². The number of benzene rings is 1. The zero-order valence-corrected chi connectivity index (χ0v) is 37.9. The van der Waals surface area contributed by atoms with E-state index in [1.807, 2.05) is 19.0 Å². The Morgan fingerprint density at radius 1 is 0.898 bits per heavy atom. The van der Waals surface area contributed by atoms with Crippen LogP contribution in [-0.4, -0.2) is 83.0 Å². The molecule has 0 heterocycles. The maximum Gasteiger partial charge on any atom is 0.306 e. The van der Waals surface area contributed by atoms with Crippen LogP contribution in [0.2, 0.25) is 0 Å². The molecule has 0 aliphatic heterocycles. The van der Waals surface area contributed by atoms with E-state index < -0.39 is 22.9 Å². The number of Topliss-reactive ketones (excluding diaryl/α,β-unsaturated/α-hetero) is 1. The van der Waals surface area contributed by atoms with Gasteiger partial charge in [-0.1, -0.05) is 80.0 Å². The second-order valence-electron chi connectivity index (χ2n) is 22.3. The van der Waals surface area contributed by atoms with Crippen molar-refractivity contribution >= 4 is 23.6 Å². The zero-order valence-electron chi connectivity index (χ0n) is 37.9. The van der Waals surface area contributed by atoms with Crippen molar-refractivity contribution in [1.29, 1.82) is 0 Å². The van der Waals surface area contributed by atoms with Crippen LogP contribution in [0, 0.1) is 62.0 Å². The first-order chi connectivity index (χ1) is 27.3. The molecule has 1 amide bonds. The number of carbonyl (C=O) groups is 4. The van der Waals surface area contributed by atoms with Gasteiger partial charge in [-0.25, -0.2) is 4.39 Å². The molecule has 328 valence electrons. The van der Waals surface area contributed by atoms with Gasteiger partial charge in [-0.05, 0) is 134 Å². The number of esters is 1. The lowest BCUT2D eigenvalue weighted by atomic mass is 9.33. The molecule has 0 bridgehead atoms. The van der Waals surface area contributed by atoms with Crippen LogP contribution < -0.4 is 0 Å². The third-order valence-corrected chi connectivity index (χ3v) is 17.1. The summed E-state index contributed by atoms with van der Waals surface area (Å²) in [5.74, 6) is -0.684. The molecule has 9 nitrogen and oxygen atoms in total. The maximum atomic E-state index is 14.3. The van der Waals surface area contributed by atoms with Crippen LogP contribution in [0.25, 0.3) is 0 Å². The Kier molecular flexibility index (Phi) is 12.3. The quantitative estimate of drug-likeness (QED) is 0.189. The van der Waals surface area contributed by atoms with Gasteiger partial charge in [0.25, 0.3) is 0 Å².